The summed E-state index contributed by atoms with van der Waals surface area (Å²) in [4.78, 5) is 99.0. The Bertz CT molecular complexity index is 6980. The van der Waals surface area contributed by atoms with Crippen LogP contribution in [0, 0.1) is 40.4 Å². The van der Waals surface area contributed by atoms with Crippen LogP contribution in [-0.2, 0) is 19.2 Å². The van der Waals surface area contributed by atoms with Gasteiger partial charge in [-0.15, -0.1) is 45.3 Å². The minimum Gasteiger partial charge on any atom is -0.508 e. The van der Waals surface area contributed by atoms with Crippen LogP contribution in [-0.4, -0.2) is 93.0 Å². The van der Waals surface area contributed by atoms with Gasteiger partial charge in [0, 0.05) is 103 Å². The Hall–Kier alpha value is -15.3. The number of aliphatic carboxylic acids is 4. The second kappa shape index (κ2) is 38.0. The highest BCUT2D eigenvalue weighted by atomic mass is 32.1. The fraction of sp³-hybridized carbons (Fsp3) is 0.0495. The Morgan fingerprint density at radius 3 is 0.960 bits per heavy atom. The van der Waals surface area contributed by atoms with Gasteiger partial charge in [0.15, 0.2) is 0 Å². The molecule has 0 saturated carbocycles. The second-order valence-electron chi connectivity index (χ2n) is 28.5. The number of thiophene rings is 4. The molecule has 0 spiro atoms. The first-order valence-corrected chi connectivity index (χ1v) is 41.3. The lowest BCUT2D eigenvalue weighted by Gasteiger charge is -2.10. The van der Waals surface area contributed by atoms with Crippen molar-refractivity contribution in [1.29, 1.82) is 0 Å². The third-order valence-electron chi connectivity index (χ3n) is 19.9. The SMILES string of the molecule is Cc1cc(F)cc(C)c1C(=O)c1sc2cc(O)ccc2c1-c1ccc(/C=C/C(=O)O)cc1.Cc1cccc(C)c1C(=O)c1sc2cc(O)ccc2c1-c1ccc(/C=C/C(=O)O)cc1.Cc1ccccc1C(=O)c1sc2cc(O)ccc2c1-c1ccc(/C=C/C(=O)O)cc1.O=C(O)/C=C/Oc1ccc(-c2c(C(=O)c3ccc(O)cc3)sc3cc(O)ccc23)cc1. The molecule has 616 valence electrons. The van der Waals surface area contributed by atoms with Gasteiger partial charge in [0.25, 0.3) is 0 Å². The summed E-state index contributed by atoms with van der Waals surface area (Å²) in [5.74, 6) is -3.99. The molecule has 23 heteroatoms. The maximum absolute atomic E-state index is 13.8. The van der Waals surface area contributed by atoms with Crippen LogP contribution in [0.5, 0.6) is 34.5 Å². The monoisotopic (exact) mass is 1720 g/mol. The number of carbonyl (C=O) groups excluding carboxylic acids is 4. The summed E-state index contributed by atoms with van der Waals surface area (Å²) in [5, 5.41) is 87.7. The summed E-state index contributed by atoms with van der Waals surface area (Å²) in [6.45, 7) is 9.21. The van der Waals surface area contributed by atoms with E-state index in [1.54, 1.807) is 123 Å². The smallest absolute Gasteiger partial charge is 0.331 e. The van der Waals surface area contributed by atoms with E-state index in [4.69, 9.17) is 25.2 Å². The number of benzene rings is 12. The summed E-state index contributed by atoms with van der Waals surface area (Å²) in [7, 11) is 0. The predicted octanol–water partition coefficient (Wildman–Crippen LogP) is 23.7. The maximum Gasteiger partial charge on any atom is 0.331 e. The lowest BCUT2D eigenvalue weighted by atomic mass is 9.93. The molecule has 0 fully saturated rings. The van der Waals surface area contributed by atoms with Gasteiger partial charge in [-0.1, -0.05) is 127 Å². The summed E-state index contributed by atoms with van der Waals surface area (Å²) in [6.07, 6.45) is 9.76. The summed E-state index contributed by atoms with van der Waals surface area (Å²) >= 11 is 5.29. The number of ketones is 4. The number of carbonyl (C=O) groups is 8. The van der Waals surface area contributed by atoms with Crippen molar-refractivity contribution in [3.63, 3.8) is 0 Å². The van der Waals surface area contributed by atoms with Crippen LogP contribution in [0.15, 0.2) is 279 Å². The van der Waals surface area contributed by atoms with Gasteiger partial charge in [-0.25, -0.2) is 23.6 Å². The number of phenols is 5. The van der Waals surface area contributed by atoms with Gasteiger partial charge in [0.1, 0.15) is 40.3 Å². The minimum atomic E-state index is -1.11. The number of halogens is 1. The summed E-state index contributed by atoms with van der Waals surface area (Å²) in [5.41, 5.74) is 14.7. The zero-order chi connectivity index (χ0) is 88.3. The largest absolute Gasteiger partial charge is 0.508 e. The molecule has 4 heterocycles. The Kier molecular flexibility index (Phi) is 26.5. The van der Waals surface area contributed by atoms with Crippen molar-refractivity contribution in [2.75, 3.05) is 0 Å². The molecule has 0 aliphatic carbocycles. The fourth-order valence-corrected chi connectivity index (χ4v) is 19.0. The van der Waals surface area contributed by atoms with Gasteiger partial charge in [-0.2, -0.15) is 0 Å². The molecular formula is C101H73FO18S4. The van der Waals surface area contributed by atoms with E-state index >= 15 is 0 Å². The molecule has 0 saturated heterocycles. The molecule has 0 aliphatic rings. The van der Waals surface area contributed by atoms with Crippen molar-refractivity contribution in [1.82, 2.24) is 0 Å². The van der Waals surface area contributed by atoms with Gasteiger partial charge in [0.05, 0.1) is 31.8 Å². The van der Waals surface area contributed by atoms with Gasteiger partial charge < -0.3 is 50.7 Å². The van der Waals surface area contributed by atoms with Gasteiger partial charge in [0.2, 0.25) is 23.1 Å². The molecule has 124 heavy (non-hydrogen) atoms. The normalized spacial score (nSPS) is 11.2. The lowest BCUT2D eigenvalue weighted by molar-refractivity contribution is -0.132. The molecule has 18 nitrogen and oxygen atoms in total. The van der Waals surface area contributed by atoms with E-state index in [2.05, 4.69) is 0 Å². The second-order valence-corrected chi connectivity index (χ2v) is 32.7. The number of fused-ring (bicyclic) bond motifs is 4. The number of carboxylic acids is 4. The molecule has 12 aromatic carbocycles. The molecule has 0 aliphatic heterocycles. The van der Waals surface area contributed by atoms with Gasteiger partial charge in [-0.3, -0.25) is 19.2 Å². The first kappa shape index (κ1) is 86.6. The quantitative estimate of drug-likeness (QED) is 0.0183. The molecule has 0 amide bonds. The molecule has 0 atom stereocenters. The first-order valence-electron chi connectivity index (χ1n) is 38.0. The predicted molar refractivity (Wildman–Crippen MR) is 488 cm³/mol. The molecular weight excluding hydrogens is 1650 g/mol. The Morgan fingerprint density at radius 1 is 0.306 bits per heavy atom. The summed E-state index contributed by atoms with van der Waals surface area (Å²) < 4.78 is 22.3. The number of carboxylic acid groups (broad SMARTS) is 4. The zero-order valence-corrected chi connectivity index (χ0v) is 69.8. The number of hydrogen-bond acceptors (Lipinski definition) is 18. The van der Waals surface area contributed by atoms with E-state index in [0.717, 1.165) is 143 Å². The maximum atomic E-state index is 13.8. The topological polar surface area (TPSA) is 328 Å². The van der Waals surface area contributed by atoms with Crippen LogP contribution < -0.4 is 4.74 Å². The van der Waals surface area contributed by atoms with Crippen molar-refractivity contribution in [2.24, 2.45) is 0 Å². The van der Waals surface area contributed by atoms with Crippen molar-refractivity contribution in [3.05, 3.63) is 371 Å². The first-order chi connectivity index (χ1) is 59.4. The number of aromatic hydroxyl groups is 5. The highest BCUT2D eigenvalue weighted by Crippen LogP contribution is 2.47. The molecule has 9 N–H and O–H groups in total. The third-order valence-corrected chi connectivity index (χ3v) is 24.5. The van der Waals surface area contributed by atoms with E-state index < -0.39 is 23.9 Å². The molecule has 0 radical (unpaired) electrons. The number of rotatable bonds is 21. The van der Waals surface area contributed by atoms with Crippen molar-refractivity contribution in [2.45, 2.75) is 34.6 Å². The average molecular weight is 1720 g/mol. The van der Waals surface area contributed by atoms with Crippen LogP contribution in [0.4, 0.5) is 4.39 Å². The van der Waals surface area contributed by atoms with Crippen LogP contribution in [0.2, 0.25) is 0 Å². The van der Waals surface area contributed by atoms with E-state index in [1.165, 1.54) is 87.8 Å². The molecule has 0 unspecified atom stereocenters. The summed E-state index contributed by atoms with van der Waals surface area (Å²) in [6, 6.07) is 71.2. The number of phenolic OH excluding ortho intramolecular Hbond substituents is 5. The van der Waals surface area contributed by atoms with Crippen molar-refractivity contribution >= 4 is 151 Å². The van der Waals surface area contributed by atoms with Crippen LogP contribution in [0.3, 0.4) is 0 Å². The molecule has 16 rings (SSSR count). The lowest BCUT2D eigenvalue weighted by Crippen LogP contribution is -2.06. The standard InChI is InChI=1S/C26H19FO4S.C26H20O4S.C25H18O4S.C24H16O6S/c1-14-11-18(27)12-15(2)23(14)25(31)26-24(20-9-8-19(28)13-21(20)32-26)17-6-3-16(4-7-17)5-10-22(29)30;1-15-4-3-5-16(2)23(15)25(30)26-24(20-12-11-19(27)14-21(20)31-26)18-9-6-17(7-10-18)8-13-22(28)29;1-15-4-2-3-5-19(15)24(29)25-23(20-12-11-18(26)14-21(20)30-25)17-9-6-16(7-10-17)8-13-22(27)28;25-16-5-1-15(2-6-16)23(29)24-22(19-10-7-17(26)13-20(19)31-24)14-3-8-18(9-4-14)30-12-11-21(27)28/h3-13,28H,1-2H3,(H,29,30);3-14,27H,1-2H3,(H,28,29);2-14,26H,1H3,(H,27,28);1-13,25-26H,(H,27,28)/b10-5+;2*13-8+;12-11+. The highest BCUT2D eigenvalue weighted by Gasteiger charge is 2.29. The van der Waals surface area contributed by atoms with Gasteiger partial charge in [-0.05, 0) is 241 Å². The third kappa shape index (κ3) is 19.9. The Morgan fingerprint density at radius 2 is 0.613 bits per heavy atom. The van der Waals surface area contributed by atoms with Crippen LogP contribution in [0.1, 0.15) is 105 Å². The Labute approximate surface area is 724 Å². The number of ether oxygens (including phenoxy) is 1. The van der Waals surface area contributed by atoms with Crippen LogP contribution >= 0.6 is 45.3 Å². The Balaban J connectivity index is 0.000000142. The van der Waals surface area contributed by atoms with E-state index in [1.807, 2.05) is 136 Å². The molecule has 0 bridgehead atoms. The zero-order valence-electron chi connectivity index (χ0n) is 66.5. The number of aryl methyl sites for hydroxylation is 5. The van der Waals surface area contributed by atoms with Crippen LogP contribution in [0.25, 0.3) is 103 Å². The molecule has 16 aromatic rings. The van der Waals surface area contributed by atoms with Gasteiger partial charge >= 0.3 is 23.9 Å². The van der Waals surface area contributed by atoms with E-state index in [0.29, 0.717) is 64.2 Å². The highest BCUT2D eigenvalue weighted by molar-refractivity contribution is 7.23. The van der Waals surface area contributed by atoms with E-state index in [-0.39, 0.29) is 57.7 Å². The molecule has 4 aromatic heterocycles. The minimum absolute atomic E-state index is 0.0406. The van der Waals surface area contributed by atoms with E-state index in [9.17, 15) is 68.3 Å². The fourth-order valence-electron chi connectivity index (χ4n) is 14.1. The van der Waals surface area contributed by atoms with Crippen molar-refractivity contribution < 1.29 is 93.4 Å². The van der Waals surface area contributed by atoms with Crippen molar-refractivity contribution in [3.8, 4) is 79.0 Å². The average Bonchev–Trinajstić information content (AvgIpc) is 1.63. The number of hydrogen-bond donors (Lipinski definition) is 9.